The summed E-state index contributed by atoms with van der Waals surface area (Å²) in [5.41, 5.74) is 7.08. The van der Waals surface area contributed by atoms with Gasteiger partial charge in [-0.2, -0.15) is 0 Å². The minimum Gasteiger partial charge on any atom is -0.339 e. The van der Waals surface area contributed by atoms with Crippen LogP contribution >= 0.6 is 0 Å². The first-order valence-corrected chi connectivity index (χ1v) is 8.02. The Morgan fingerprint density at radius 2 is 1.86 bits per heavy atom. The van der Waals surface area contributed by atoms with Gasteiger partial charge in [-0.25, -0.2) is 0 Å². The predicted octanol–water partition coefficient (Wildman–Crippen LogP) is 1.46. The average Bonchev–Trinajstić information content (AvgIpc) is 2.90. The van der Waals surface area contributed by atoms with Crippen LogP contribution in [0.3, 0.4) is 0 Å². The quantitative estimate of drug-likeness (QED) is 0.912. The molecular weight excluding hydrogens is 262 g/mol. The van der Waals surface area contributed by atoms with Crippen molar-refractivity contribution in [2.24, 2.45) is 11.7 Å². The van der Waals surface area contributed by atoms with Crippen molar-refractivity contribution in [3.8, 4) is 0 Å². The summed E-state index contributed by atoms with van der Waals surface area (Å²) in [5, 5.41) is 0. The van der Waals surface area contributed by atoms with E-state index in [2.05, 4.69) is 40.1 Å². The van der Waals surface area contributed by atoms with E-state index in [0.717, 1.165) is 39.0 Å². The van der Waals surface area contributed by atoms with Crippen molar-refractivity contribution in [1.29, 1.82) is 0 Å². The van der Waals surface area contributed by atoms with Gasteiger partial charge in [0.2, 0.25) is 5.91 Å². The number of hydrogen-bond donors (Lipinski definition) is 1. The monoisotopic (exact) mass is 287 g/mol. The summed E-state index contributed by atoms with van der Waals surface area (Å²) in [7, 11) is 0. The Morgan fingerprint density at radius 1 is 1.14 bits per heavy atom. The molecule has 2 N–H and O–H groups in total. The highest BCUT2D eigenvalue weighted by molar-refractivity contribution is 5.79. The maximum absolute atomic E-state index is 12.1. The first-order chi connectivity index (χ1) is 10.3. The zero-order chi connectivity index (χ0) is 14.7. The molecule has 1 aromatic carbocycles. The van der Waals surface area contributed by atoms with Gasteiger partial charge in [0.05, 0.1) is 0 Å². The fourth-order valence-electron chi connectivity index (χ4n) is 3.55. The lowest BCUT2D eigenvalue weighted by Crippen LogP contribution is -2.45. The topological polar surface area (TPSA) is 49.6 Å². The number of rotatable bonds is 4. The zero-order valence-electron chi connectivity index (χ0n) is 12.6. The van der Waals surface area contributed by atoms with Crippen molar-refractivity contribution < 1.29 is 4.79 Å². The van der Waals surface area contributed by atoms with Gasteiger partial charge in [0.15, 0.2) is 0 Å². The smallest absolute Gasteiger partial charge is 0.223 e. The summed E-state index contributed by atoms with van der Waals surface area (Å²) in [6, 6.07) is 11.0. The fourth-order valence-corrected chi connectivity index (χ4v) is 3.55. The first-order valence-electron chi connectivity index (χ1n) is 8.02. The van der Waals surface area contributed by atoms with Crippen molar-refractivity contribution in [1.82, 2.24) is 9.80 Å². The third-order valence-corrected chi connectivity index (χ3v) is 4.82. The number of piperidine rings is 1. The molecule has 4 nitrogen and oxygen atoms in total. The molecule has 2 aliphatic heterocycles. The maximum atomic E-state index is 12.1. The normalized spacial score (nSPS) is 24.7. The lowest BCUT2D eigenvalue weighted by molar-refractivity contribution is -0.130. The van der Waals surface area contributed by atoms with Crippen molar-refractivity contribution in [2.75, 3.05) is 26.2 Å². The average molecular weight is 287 g/mol. The summed E-state index contributed by atoms with van der Waals surface area (Å²) >= 11 is 0. The van der Waals surface area contributed by atoms with Crippen molar-refractivity contribution >= 4 is 5.91 Å². The molecule has 1 atom stereocenters. The molecule has 1 amide bonds. The number of hydrogen-bond acceptors (Lipinski definition) is 3. The highest BCUT2D eigenvalue weighted by Gasteiger charge is 2.35. The molecule has 0 aliphatic carbocycles. The van der Waals surface area contributed by atoms with Crippen LogP contribution in [0.2, 0.25) is 0 Å². The van der Waals surface area contributed by atoms with Gasteiger partial charge in [-0.1, -0.05) is 30.3 Å². The molecule has 1 aromatic rings. The summed E-state index contributed by atoms with van der Waals surface area (Å²) in [6.07, 6.45) is 2.84. The van der Waals surface area contributed by atoms with Crippen LogP contribution in [0.25, 0.3) is 0 Å². The maximum Gasteiger partial charge on any atom is 0.223 e. The molecule has 21 heavy (non-hydrogen) atoms. The molecule has 1 unspecified atom stereocenters. The van der Waals surface area contributed by atoms with Crippen molar-refractivity contribution in [2.45, 2.75) is 31.8 Å². The van der Waals surface area contributed by atoms with Gasteiger partial charge in [-0.15, -0.1) is 0 Å². The predicted molar refractivity (Wildman–Crippen MR) is 83.6 cm³/mol. The molecule has 2 aliphatic rings. The van der Waals surface area contributed by atoms with E-state index in [1.54, 1.807) is 0 Å². The van der Waals surface area contributed by atoms with E-state index >= 15 is 0 Å². The third kappa shape index (κ3) is 3.44. The van der Waals surface area contributed by atoms with E-state index in [9.17, 15) is 4.79 Å². The Balaban J connectivity index is 1.50. The van der Waals surface area contributed by atoms with Crippen molar-refractivity contribution in [3.05, 3.63) is 35.9 Å². The molecule has 0 spiro atoms. The highest BCUT2D eigenvalue weighted by atomic mass is 16.2. The number of nitrogens with zero attached hydrogens (tertiary/aromatic N) is 2. The summed E-state index contributed by atoms with van der Waals surface area (Å²) in [5.74, 6) is 0.687. The number of amides is 1. The van der Waals surface area contributed by atoms with Crippen LogP contribution in [-0.2, 0) is 11.3 Å². The fraction of sp³-hybridized carbons (Fsp3) is 0.588. The lowest BCUT2D eigenvalue weighted by Gasteiger charge is -2.37. The van der Waals surface area contributed by atoms with Gasteiger partial charge < -0.3 is 10.6 Å². The Hall–Kier alpha value is -1.39. The largest absolute Gasteiger partial charge is 0.339 e. The van der Waals surface area contributed by atoms with Gasteiger partial charge in [-0.3, -0.25) is 9.69 Å². The molecule has 2 saturated heterocycles. The number of likely N-dealkylation sites (tertiary alicyclic amines) is 2. The van der Waals surface area contributed by atoms with Crippen LogP contribution in [-0.4, -0.2) is 47.9 Å². The molecule has 2 heterocycles. The third-order valence-electron chi connectivity index (χ3n) is 4.82. The van der Waals surface area contributed by atoms with Crippen LogP contribution in [0.1, 0.15) is 24.8 Å². The van der Waals surface area contributed by atoms with E-state index in [-0.39, 0.29) is 0 Å². The highest BCUT2D eigenvalue weighted by Crippen LogP contribution is 2.25. The van der Waals surface area contributed by atoms with Gasteiger partial charge >= 0.3 is 0 Å². The van der Waals surface area contributed by atoms with Crippen LogP contribution in [0.4, 0.5) is 0 Å². The summed E-state index contributed by atoms with van der Waals surface area (Å²) in [4.78, 5) is 16.7. The van der Waals surface area contributed by atoms with Crippen molar-refractivity contribution in [3.63, 3.8) is 0 Å². The number of carbonyl (C=O) groups is 1. The van der Waals surface area contributed by atoms with E-state index in [4.69, 9.17) is 5.73 Å². The second-order valence-electron chi connectivity index (χ2n) is 6.34. The van der Waals surface area contributed by atoms with Gasteiger partial charge in [0.1, 0.15) is 0 Å². The molecule has 114 valence electrons. The van der Waals surface area contributed by atoms with E-state index < -0.39 is 0 Å². The molecule has 3 rings (SSSR count). The minimum absolute atomic E-state index is 0.312. The molecule has 0 saturated carbocycles. The molecule has 0 aromatic heterocycles. The number of nitrogens with two attached hydrogens (primary N) is 1. The second kappa shape index (κ2) is 6.58. The summed E-state index contributed by atoms with van der Waals surface area (Å²) in [6.45, 7) is 4.69. The van der Waals surface area contributed by atoms with Crippen LogP contribution < -0.4 is 5.73 Å². The van der Waals surface area contributed by atoms with Gasteiger partial charge in [-0.05, 0) is 30.9 Å². The Morgan fingerprint density at radius 3 is 2.48 bits per heavy atom. The van der Waals surface area contributed by atoms with Crippen LogP contribution in [0.15, 0.2) is 30.3 Å². The lowest BCUT2D eigenvalue weighted by atomic mass is 10.0. The molecule has 2 fully saturated rings. The van der Waals surface area contributed by atoms with E-state index in [0.29, 0.717) is 30.8 Å². The second-order valence-corrected chi connectivity index (χ2v) is 6.34. The molecule has 0 radical (unpaired) electrons. The van der Waals surface area contributed by atoms with E-state index in [1.165, 1.54) is 5.56 Å². The standard InChI is InChI=1S/C17H25N3O/c18-11-15-10-17(21)20(13-15)16-6-8-19(9-7-16)12-14-4-2-1-3-5-14/h1-5,15-16H,6-13,18H2. The molecule has 0 bridgehead atoms. The van der Waals surface area contributed by atoms with Gasteiger partial charge in [0.25, 0.3) is 0 Å². The number of benzene rings is 1. The van der Waals surface area contributed by atoms with Gasteiger partial charge in [0, 0.05) is 38.6 Å². The Bertz CT molecular complexity index is 468. The van der Waals surface area contributed by atoms with Crippen LogP contribution in [0, 0.1) is 5.92 Å². The zero-order valence-corrected chi connectivity index (χ0v) is 12.6. The number of carbonyl (C=O) groups excluding carboxylic acids is 1. The minimum atomic E-state index is 0.312. The van der Waals surface area contributed by atoms with Crippen LogP contribution in [0.5, 0.6) is 0 Å². The Labute approximate surface area is 126 Å². The first kappa shape index (κ1) is 14.5. The Kier molecular flexibility index (Phi) is 4.56. The van der Waals surface area contributed by atoms with E-state index in [1.807, 2.05) is 0 Å². The summed E-state index contributed by atoms with van der Waals surface area (Å²) < 4.78 is 0. The molecular formula is C17H25N3O. The SMILES string of the molecule is NCC1CC(=O)N(C2CCN(Cc3ccccc3)CC2)C1. The molecule has 4 heteroatoms.